The zero-order chi connectivity index (χ0) is 10.9. The standard InChI is InChI=1S/C11H22N4/c1-3-5-6-7-8-10(12-4-2)11-13-9-14-15-11/h9-10,12H,3-8H2,1-2H3,(H,13,14,15). The number of hydrogen-bond donors (Lipinski definition) is 2. The molecule has 0 aliphatic rings. The van der Waals surface area contributed by atoms with E-state index in [1.54, 1.807) is 6.33 Å². The van der Waals surface area contributed by atoms with Gasteiger partial charge in [-0.25, -0.2) is 4.98 Å². The topological polar surface area (TPSA) is 53.6 Å². The first-order valence-corrected chi connectivity index (χ1v) is 5.97. The summed E-state index contributed by atoms with van der Waals surface area (Å²) in [5.74, 6) is 0.966. The third-order valence-electron chi connectivity index (χ3n) is 2.56. The highest BCUT2D eigenvalue weighted by atomic mass is 15.2. The van der Waals surface area contributed by atoms with Gasteiger partial charge in [0.25, 0.3) is 0 Å². The normalized spacial score (nSPS) is 12.9. The molecule has 0 saturated carbocycles. The first kappa shape index (κ1) is 12.2. The van der Waals surface area contributed by atoms with Gasteiger partial charge in [0.1, 0.15) is 12.2 Å². The fourth-order valence-electron chi connectivity index (χ4n) is 1.74. The van der Waals surface area contributed by atoms with E-state index in [-0.39, 0.29) is 0 Å². The van der Waals surface area contributed by atoms with Crippen molar-refractivity contribution in [3.8, 4) is 0 Å². The van der Waals surface area contributed by atoms with E-state index in [1.165, 1.54) is 25.7 Å². The van der Waals surface area contributed by atoms with Crippen LogP contribution in [0.1, 0.15) is 57.8 Å². The van der Waals surface area contributed by atoms with Crippen molar-refractivity contribution in [2.24, 2.45) is 0 Å². The molecule has 86 valence electrons. The molecule has 0 aromatic carbocycles. The number of aromatic nitrogens is 3. The molecule has 0 bridgehead atoms. The van der Waals surface area contributed by atoms with Crippen LogP contribution in [0.15, 0.2) is 6.33 Å². The van der Waals surface area contributed by atoms with E-state index >= 15 is 0 Å². The Labute approximate surface area is 91.9 Å². The Kier molecular flexibility index (Phi) is 6.00. The summed E-state index contributed by atoms with van der Waals surface area (Å²) in [4.78, 5) is 4.20. The quantitative estimate of drug-likeness (QED) is 0.648. The van der Waals surface area contributed by atoms with Crippen LogP contribution in [0, 0.1) is 0 Å². The molecule has 1 aromatic rings. The Morgan fingerprint density at radius 1 is 1.33 bits per heavy atom. The Hall–Kier alpha value is -0.900. The number of H-pyrrole nitrogens is 1. The van der Waals surface area contributed by atoms with Gasteiger partial charge in [0.2, 0.25) is 0 Å². The van der Waals surface area contributed by atoms with Gasteiger partial charge >= 0.3 is 0 Å². The van der Waals surface area contributed by atoms with E-state index in [2.05, 4.69) is 34.3 Å². The average Bonchev–Trinajstić information content (AvgIpc) is 2.76. The van der Waals surface area contributed by atoms with Crippen LogP contribution < -0.4 is 5.32 Å². The first-order chi connectivity index (χ1) is 7.38. The molecule has 1 heterocycles. The first-order valence-electron chi connectivity index (χ1n) is 5.97. The summed E-state index contributed by atoms with van der Waals surface area (Å²) in [6, 6.07) is 0.342. The van der Waals surface area contributed by atoms with Crippen molar-refractivity contribution < 1.29 is 0 Å². The monoisotopic (exact) mass is 210 g/mol. The maximum absolute atomic E-state index is 4.20. The minimum absolute atomic E-state index is 0.342. The summed E-state index contributed by atoms with van der Waals surface area (Å²) in [5.41, 5.74) is 0. The van der Waals surface area contributed by atoms with Gasteiger partial charge in [0.05, 0.1) is 6.04 Å². The molecule has 4 heteroatoms. The molecule has 2 N–H and O–H groups in total. The summed E-state index contributed by atoms with van der Waals surface area (Å²) in [7, 11) is 0. The fourth-order valence-corrected chi connectivity index (χ4v) is 1.74. The molecule has 15 heavy (non-hydrogen) atoms. The molecule has 0 radical (unpaired) electrons. The molecule has 0 fully saturated rings. The molecule has 0 aliphatic heterocycles. The highest BCUT2D eigenvalue weighted by molar-refractivity contribution is 4.90. The maximum Gasteiger partial charge on any atom is 0.141 e. The van der Waals surface area contributed by atoms with Crippen molar-refractivity contribution in [3.05, 3.63) is 12.2 Å². The zero-order valence-corrected chi connectivity index (χ0v) is 9.79. The Morgan fingerprint density at radius 3 is 2.80 bits per heavy atom. The van der Waals surface area contributed by atoms with Crippen LogP contribution in [0.4, 0.5) is 0 Å². The van der Waals surface area contributed by atoms with E-state index in [1.807, 2.05) is 0 Å². The summed E-state index contributed by atoms with van der Waals surface area (Å²) >= 11 is 0. The highest BCUT2D eigenvalue weighted by Gasteiger charge is 2.11. The second-order valence-electron chi connectivity index (χ2n) is 3.83. The maximum atomic E-state index is 4.20. The van der Waals surface area contributed by atoms with Crippen LogP contribution in [0.25, 0.3) is 0 Å². The van der Waals surface area contributed by atoms with Gasteiger partial charge in [0.15, 0.2) is 0 Å². The minimum atomic E-state index is 0.342. The molecule has 0 aliphatic carbocycles. The van der Waals surface area contributed by atoms with Crippen LogP contribution in [0.5, 0.6) is 0 Å². The van der Waals surface area contributed by atoms with E-state index in [0.29, 0.717) is 6.04 Å². The van der Waals surface area contributed by atoms with Crippen molar-refractivity contribution in [2.75, 3.05) is 6.54 Å². The van der Waals surface area contributed by atoms with E-state index in [9.17, 15) is 0 Å². The molecule has 1 rings (SSSR count). The molecular weight excluding hydrogens is 188 g/mol. The lowest BCUT2D eigenvalue weighted by atomic mass is 10.1. The lowest BCUT2D eigenvalue weighted by molar-refractivity contribution is 0.463. The number of hydrogen-bond acceptors (Lipinski definition) is 3. The van der Waals surface area contributed by atoms with Crippen LogP contribution >= 0.6 is 0 Å². The van der Waals surface area contributed by atoms with E-state index < -0.39 is 0 Å². The van der Waals surface area contributed by atoms with Gasteiger partial charge in [-0.1, -0.05) is 39.5 Å². The van der Waals surface area contributed by atoms with E-state index in [0.717, 1.165) is 18.8 Å². The average molecular weight is 210 g/mol. The van der Waals surface area contributed by atoms with E-state index in [4.69, 9.17) is 0 Å². The van der Waals surface area contributed by atoms with Crippen LogP contribution in [0.3, 0.4) is 0 Å². The van der Waals surface area contributed by atoms with Crippen molar-refractivity contribution in [3.63, 3.8) is 0 Å². The summed E-state index contributed by atoms with van der Waals surface area (Å²) in [6.45, 7) is 5.33. The SMILES string of the molecule is CCCCCCC(NCC)c1ncn[nH]1. The van der Waals surface area contributed by atoms with Gasteiger partial charge < -0.3 is 5.32 Å². The van der Waals surface area contributed by atoms with Gasteiger partial charge in [-0.3, -0.25) is 5.10 Å². The minimum Gasteiger partial charge on any atom is -0.308 e. The lowest BCUT2D eigenvalue weighted by Crippen LogP contribution is -2.22. The smallest absolute Gasteiger partial charge is 0.141 e. The highest BCUT2D eigenvalue weighted by Crippen LogP contribution is 2.15. The summed E-state index contributed by atoms with van der Waals surface area (Å²) in [6.07, 6.45) is 7.90. The lowest BCUT2D eigenvalue weighted by Gasteiger charge is -2.14. The van der Waals surface area contributed by atoms with Crippen molar-refractivity contribution >= 4 is 0 Å². The second-order valence-corrected chi connectivity index (χ2v) is 3.83. The van der Waals surface area contributed by atoms with Gasteiger partial charge in [0, 0.05) is 0 Å². The van der Waals surface area contributed by atoms with Crippen molar-refractivity contribution in [2.45, 2.75) is 52.0 Å². The number of aromatic amines is 1. The Bertz CT molecular complexity index is 233. The van der Waals surface area contributed by atoms with Gasteiger partial charge in [-0.2, -0.15) is 5.10 Å². The Morgan fingerprint density at radius 2 is 2.20 bits per heavy atom. The molecular formula is C11H22N4. The van der Waals surface area contributed by atoms with Crippen molar-refractivity contribution in [1.82, 2.24) is 20.5 Å². The van der Waals surface area contributed by atoms with Crippen molar-refractivity contribution in [1.29, 1.82) is 0 Å². The van der Waals surface area contributed by atoms with Gasteiger partial charge in [-0.15, -0.1) is 0 Å². The summed E-state index contributed by atoms with van der Waals surface area (Å²) in [5, 5.41) is 10.3. The number of nitrogens with one attached hydrogen (secondary N) is 2. The molecule has 1 unspecified atom stereocenters. The second kappa shape index (κ2) is 7.40. The largest absolute Gasteiger partial charge is 0.308 e. The Balaban J connectivity index is 2.31. The van der Waals surface area contributed by atoms with Gasteiger partial charge in [-0.05, 0) is 13.0 Å². The molecule has 0 amide bonds. The predicted octanol–water partition coefficient (Wildman–Crippen LogP) is 2.43. The third kappa shape index (κ3) is 4.42. The van der Waals surface area contributed by atoms with Crippen LogP contribution in [-0.4, -0.2) is 21.7 Å². The third-order valence-corrected chi connectivity index (χ3v) is 2.56. The number of rotatable bonds is 8. The molecule has 1 aromatic heterocycles. The fraction of sp³-hybridized carbons (Fsp3) is 0.818. The molecule has 4 nitrogen and oxygen atoms in total. The predicted molar refractivity (Wildman–Crippen MR) is 61.6 cm³/mol. The molecule has 0 saturated heterocycles. The number of nitrogens with zero attached hydrogens (tertiary/aromatic N) is 2. The number of unbranched alkanes of at least 4 members (excludes halogenated alkanes) is 3. The van der Waals surface area contributed by atoms with Crippen LogP contribution in [-0.2, 0) is 0 Å². The molecule has 1 atom stereocenters. The van der Waals surface area contributed by atoms with Crippen LogP contribution in [0.2, 0.25) is 0 Å². The zero-order valence-electron chi connectivity index (χ0n) is 9.79. The molecule has 0 spiro atoms. The summed E-state index contributed by atoms with van der Waals surface area (Å²) < 4.78 is 0.